The topological polar surface area (TPSA) is 55.3 Å². The first-order chi connectivity index (χ1) is 14.7. The Morgan fingerprint density at radius 3 is 2.80 bits per heavy atom. The van der Waals surface area contributed by atoms with Crippen molar-refractivity contribution in [3.63, 3.8) is 0 Å². The summed E-state index contributed by atoms with van der Waals surface area (Å²) in [6, 6.07) is 12.6. The van der Waals surface area contributed by atoms with Gasteiger partial charge in [-0.3, -0.25) is 9.97 Å². The Hall–Kier alpha value is -3.21. The summed E-state index contributed by atoms with van der Waals surface area (Å²) in [5.41, 5.74) is 6.72. The molecule has 1 aliphatic rings. The summed E-state index contributed by atoms with van der Waals surface area (Å²) in [7, 11) is 3.50. The van der Waals surface area contributed by atoms with Crippen LogP contribution < -0.4 is 4.90 Å². The molecule has 0 radical (unpaired) electrons. The number of aromatic nitrogens is 2. The molecule has 0 aliphatic heterocycles. The van der Waals surface area contributed by atoms with E-state index in [2.05, 4.69) is 46.2 Å². The second-order valence-corrected chi connectivity index (χ2v) is 7.81. The fourth-order valence-corrected chi connectivity index (χ4v) is 4.38. The molecule has 30 heavy (non-hydrogen) atoms. The summed E-state index contributed by atoms with van der Waals surface area (Å²) in [4.78, 5) is 22.7. The molecule has 1 aromatic carbocycles. The smallest absolute Gasteiger partial charge is 0.338 e. The van der Waals surface area contributed by atoms with E-state index in [1.54, 1.807) is 24.7 Å². The Morgan fingerprint density at radius 1 is 1.13 bits per heavy atom. The van der Waals surface area contributed by atoms with Gasteiger partial charge in [0.25, 0.3) is 0 Å². The zero-order valence-electron chi connectivity index (χ0n) is 17.5. The highest BCUT2D eigenvalue weighted by atomic mass is 16.5. The van der Waals surface area contributed by atoms with Crippen LogP contribution in [0.5, 0.6) is 0 Å². The second-order valence-electron chi connectivity index (χ2n) is 7.81. The van der Waals surface area contributed by atoms with Crippen molar-refractivity contribution < 1.29 is 9.53 Å². The number of nitrogens with zero attached hydrogens (tertiary/aromatic N) is 3. The van der Waals surface area contributed by atoms with Gasteiger partial charge in [0.15, 0.2) is 0 Å². The number of carbonyl (C=O) groups is 1. The number of methoxy groups -OCH3 is 1. The summed E-state index contributed by atoms with van der Waals surface area (Å²) in [6.45, 7) is 0. The molecular formula is C25H27N3O2. The molecule has 0 saturated carbocycles. The third kappa shape index (κ3) is 4.20. The fourth-order valence-electron chi connectivity index (χ4n) is 4.38. The van der Waals surface area contributed by atoms with E-state index in [9.17, 15) is 4.79 Å². The van der Waals surface area contributed by atoms with Crippen molar-refractivity contribution in [2.45, 2.75) is 38.0 Å². The molecular weight excluding hydrogens is 374 g/mol. The first kappa shape index (κ1) is 20.1. The number of carbonyl (C=O) groups excluding carboxylic acids is 1. The maximum atomic E-state index is 12.0. The van der Waals surface area contributed by atoms with Gasteiger partial charge in [-0.05, 0) is 85.0 Å². The minimum absolute atomic E-state index is 0.292. The maximum Gasteiger partial charge on any atom is 0.338 e. The van der Waals surface area contributed by atoms with Crippen molar-refractivity contribution in [2.24, 2.45) is 0 Å². The van der Waals surface area contributed by atoms with Crippen LogP contribution in [0.4, 0.5) is 11.4 Å². The molecule has 5 heteroatoms. The van der Waals surface area contributed by atoms with E-state index in [1.165, 1.54) is 36.8 Å². The Balaban J connectivity index is 1.52. The average Bonchev–Trinajstić information content (AvgIpc) is 2.82. The monoisotopic (exact) mass is 401 g/mol. The predicted molar refractivity (Wildman–Crippen MR) is 118 cm³/mol. The van der Waals surface area contributed by atoms with E-state index in [1.807, 2.05) is 12.3 Å². The minimum atomic E-state index is -0.292. The molecule has 2 aromatic heterocycles. The normalized spacial score (nSPS) is 15.3. The van der Waals surface area contributed by atoms with E-state index in [0.29, 0.717) is 11.5 Å². The summed E-state index contributed by atoms with van der Waals surface area (Å²) in [6.07, 6.45) is 12.4. The van der Waals surface area contributed by atoms with Gasteiger partial charge < -0.3 is 9.64 Å². The van der Waals surface area contributed by atoms with Crippen molar-refractivity contribution in [1.29, 1.82) is 0 Å². The number of hydrogen-bond acceptors (Lipinski definition) is 5. The standard InChI is InChI=1S/C25H27N3O2/c1-28(22-7-4-13-26-17-22)21-10-11-23-18(5-3-6-19(23)15-21)8-9-20-16-27-14-12-24(20)25(29)30-2/h4,7,10-18H,3,5-6,8-9H2,1-2H3/t18-/m0/s1. The van der Waals surface area contributed by atoms with Crippen LogP contribution in [-0.4, -0.2) is 30.1 Å². The SMILES string of the molecule is COC(=O)c1ccncc1CC[C@@H]1CCCc2cc(N(C)c3cccnc3)ccc21. The number of hydrogen-bond donors (Lipinski definition) is 0. The van der Waals surface area contributed by atoms with Crippen LogP contribution >= 0.6 is 0 Å². The molecule has 2 heterocycles. The summed E-state index contributed by atoms with van der Waals surface area (Å²) >= 11 is 0. The molecule has 4 rings (SSSR count). The van der Waals surface area contributed by atoms with Gasteiger partial charge in [-0.2, -0.15) is 0 Å². The van der Waals surface area contributed by atoms with Gasteiger partial charge in [-0.15, -0.1) is 0 Å². The Kier molecular flexibility index (Phi) is 6.07. The Labute approximate surface area is 177 Å². The van der Waals surface area contributed by atoms with E-state index in [0.717, 1.165) is 30.5 Å². The van der Waals surface area contributed by atoms with Crippen LogP contribution in [0, 0.1) is 0 Å². The first-order valence-corrected chi connectivity index (χ1v) is 10.4. The molecule has 3 aromatic rings. The molecule has 1 atom stereocenters. The summed E-state index contributed by atoms with van der Waals surface area (Å²) in [5.74, 6) is 0.205. The lowest BCUT2D eigenvalue weighted by Gasteiger charge is -2.28. The lowest BCUT2D eigenvalue weighted by molar-refractivity contribution is 0.0599. The highest BCUT2D eigenvalue weighted by Crippen LogP contribution is 2.37. The number of esters is 1. The quantitative estimate of drug-likeness (QED) is 0.539. The molecule has 0 fully saturated rings. The van der Waals surface area contributed by atoms with Gasteiger partial charge in [0.05, 0.1) is 24.6 Å². The van der Waals surface area contributed by atoms with Crippen LogP contribution in [0.1, 0.15) is 52.2 Å². The largest absolute Gasteiger partial charge is 0.465 e. The fraction of sp³-hybridized carbons (Fsp3) is 0.320. The Morgan fingerprint density at radius 2 is 2.00 bits per heavy atom. The molecule has 0 bridgehead atoms. The van der Waals surface area contributed by atoms with Crippen molar-refractivity contribution in [1.82, 2.24) is 9.97 Å². The molecule has 0 amide bonds. The highest BCUT2D eigenvalue weighted by Gasteiger charge is 2.22. The number of anilines is 2. The molecule has 0 unspecified atom stereocenters. The predicted octanol–water partition coefficient (Wildman–Crippen LogP) is 5.08. The third-order valence-corrected chi connectivity index (χ3v) is 6.06. The van der Waals surface area contributed by atoms with Gasteiger partial charge in [0, 0.05) is 31.3 Å². The van der Waals surface area contributed by atoms with Crippen molar-refractivity contribution in [3.05, 3.63) is 83.4 Å². The van der Waals surface area contributed by atoms with Crippen molar-refractivity contribution in [3.8, 4) is 0 Å². The van der Waals surface area contributed by atoms with Gasteiger partial charge in [0.1, 0.15) is 0 Å². The molecule has 0 saturated heterocycles. The lowest BCUT2D eigenvalue weighted by Crippen LogP contribution is -2.15. The van der Waals surface area contributed by atoms with Gasteiger partial charge in [-0.25, -0.2) is 4.79 Å². The second kappa shape index (κ2) is 9.08. The number of rotatable bonds is 6. The van der Waals surface area contributed by atoms with Crippen LogP contribution in [0.25, 0.3) is 0 Å². The zero-order chi connectivity index (χ0) is 20.9. The summed E-state index contributed by atoms with van der Waals surface area (Å²) in [5, 5.41) is 0. The number of benzene rings is 1. The van der Waals surface area contributed by atoms with Gasteiger partial charge in [-0.1, -0.05) is 6.07 Å². The Bertz CT molecular complexity index is 1020. The van der Waals surface area contributed by atoms with Crippen LogP contribution in [0.3, 0.4) is 0 Å². The van der Waals surface area contributed by atoms with E-state index < -0.39 is 0 Å². The van der Waals surface area contributed by atoms with Crippen LogP contribution in [-0.2, 0) is 17.6 Å². The average molecular weight is 402 g/mol. The number of aryl methyl sites for hydroxylation is 2. The molecule has 1 aliphatic carbocycles. The molecule has 154 valence electrons. The highest BCUT2D eigenvalue weighted by molar-refractivity contribution is 5.90. The number of pyridine rings is 2. The van der Waals surface area contributed by atoms with Crippen molar-refractivity contribution in [2.75, 3.05) is 19.1 Å². The molecule has 0 spiro atoms. The molecule has 5 nitrogen and oxygen atoms in total. The summed E-state index contributed by atoms with van der Waals surface area (Å²) < 4.78 is 4.92. The number of fused-ring (bicyclic) bond motifs is 1. The van der Waals surface area contributed by atoms with E-state index in [-0.39, 0.29) is 5.97 Å². The number of ether oxygens (including phenoxy) is 1. The van der Waals surface area contributed by atoms with Crippen LogP contribution in [0.2, 0.25) is 0 Å². The minimum Gasteiger partial charge on any atom is -0.465 e. The first-order valence-electron chi connectivity index (χ1n) is 10.4. The lowest BCUT2D eigenvalue weighted by atomic mass is 9.79. The maximum absolute atomic E-state index is 12.0. The third-order valence-electron chi connectivity index (χ3n) is 6.06. The molecule has 0 N–H and O–H groups in total. The van der Waals surface area contributed by atoms with Crippen LogP contribution in [0.15, 0.2) is 61.2 Å². The van der Waals surface area contributed by atoms with Crippen molar-refractivity contribution >= 4 is 17.3 Å². The zero-order valence-corrected chi connectivity index (χ0v) is 17.5. The van der Waals surface area contributed by atoms with E-state index in [4.69, 9.17) is 4.74 Å². The van der Waals surface area contributed by atoms with E-state index >= 15 is 0 Å². The van der Waals surface area contributed by atoms with Gasteiger partial charge in [0.2, 0.25) is 0 Å². The van der Waals surface area contributed by atoms with Gasteiger partial charge >= 0.3 is 5.97 Å².